The molecule has 3 rings (SSSR count). The molecule has 2 aromatic carbocycles. The van der Waals surface area contributed by atoms with E-state index in [1.165, 1.54) is 0 Å². The van der Waals surface area contributed by atoms with Gasteiger partial charge in [-0.2, -0.15) is 4.98 Å². The number of halogens is 2. The molecule has 0 amide bonds. The Labute approximate surface area is 196 Å². The lowest BCUT2D eigenvalue weighted by molar-refractivity contribution is 0.332. The van der Waals surface area contributed by atoms with Crippen LogP contribution in [-0.4, -0.2) is 29.3 Å². The Balaban J connectivity index is 0.00000320. The summed E-state index contributed by atoms with van der Waals surface area (Å²) in [6.07, 6.45) is 0. The van der Waals surface area contributed by atoms with Crippen molar-refractivity contribution >= 4 is 47.2 Å². The molecule has 0 saturated carbocycles. The van der Waals surface area contributed by atoms with Crippen LogP contribution in [-0.2, 0) is 6.54 Å². The molecule has 0 saturated heterocycles. The number of guanidine groups is 1. The molecule has 0 spiro atoms. The fourth-order valence-electron chi connectivity index (χ4n) is 2.54. The predicted molar refractivity (Wildman–Crippen MR) is 128 cm³/mol. The number of anilines is 1. The molecule has 3 aromatic rings. The molecule has 0 aliphatic rings. The number of hydrogen-bond acceptors (Lipinski definition) is 6. The van der Waals surface area contributed by atoms with E-state index in [1.807, 2.05) is 38.1 Å². The van der Waals surface area contributed by atoms with Gasteiger partial charge in [-0.05, 0) is 38.1 Å². The van der Waals surface area contributed by atoms with Crippen LogP contribution in [0.5, 0.6) is 11.5 Å². The van der Waals surface area contributed by atoms with Gasteiger partial charge in [-0.25, -0.2) is 4.99 Å². The van der Waals surface area contributed by atoms with E-state index >= 15 is 0 Å². The Hall–Kier alpha value is -2.53. The van der Waals surface area contributed by atoms with E-state index in [4.69, 9.17) is 31.3 Å². The molecule has 30 heavy (non-hydrogen) atoms. The highest BCUT2D eigenvalue weighted by Crippen LogP contribution is 2.29. The highest BCUT2D eigenvalue weighted by molar-refractivity contribution is 14.0. The average molecular weight is 544 g/mol. The van der Waals surface area contributed by atoms with E-state index in [-0.39, 0.29) is 36.5 Å². The van der Waals surface area contributed by atoms with E-state index in [0.717, 1.165) is 5.56 Å². The Morgan fingerprint density at radius 1 is 1.17 bits per heavy atom. The van der Waals surface area contributed by atoms with Gasteiger partial charge >= 0.3 is 0 Å². The SMILES string of the molecule is CCOc1ccc(OCC)c(NC(N)=NCc2nc(-c3cccc(Cl)c3)no2)c1.I. The van der Waals surface area contributed by atoms with Gasteiger partial charge in [0.15, 0.2) is 5.96 Å². The van der Waals surface area contributed by atoms with Crippen LogP contribution >= 0.6 is 35.6 Å². The van der Waals surface area contributed by atoms with Crippen LogP contribution in [0, 0.1) is 0 Å². The summed E-state index contributed by atoms with van der Waals surface area (Å²) in [7, 11) is 0. The number of aliphatic imine (C=N–C) groups is 1. The van der Waals surface area contributed by atoms with Gasteiger partial charge in [0, 0.05) is 16.7 Å². The lowest BCUT2D eigenvalue weighted by atomic mass is 10.2. The molecule has 0 fully saturated rings. The number of nitrogens with two attached hydrogens (primary N) is 1. The summed E-state index contributed by atoms with van der Waals surface area (Å²) in [6.45, 7) is 5.03. The normalized spacial score (nSPS) is 11.0. The Morgan fingerprint density at radius 3 is 2.70 bits per heavy atom. The average Bonchev–Trinajstić information content (AvgIpc) is 3.18. The van der Waals surface area contributed by atoms with Gasteiger partial charge in [-0.1, -0.05) is 28.9 Å². The van der Waals surface area contributed by atoms with E-state index < -0.39 is 0 Å². The highest BCUT2D eigenvalue weighted by atomic mass is 127. The van der Waals surface area contributed by atoms with Gasteiger partial charge in [0.25, 0.3) is 0 Å². The van der Waals surface area contributed by atoms with Crippen LogP contribution in [0.1, 0.15) is 19.7 Å². The predicted octanol–water partition coefficient (Wildman–Crippen LogP) is 4.73. The number of hydrogen-bond donors (Lipinski definition) is 2. The number of benzene rings is 2. The number of nitrogens with one attached hydrogen (secondary N) is 1. The first-order valence-corrected chi connectivity index (χ1v) is 9.52. The zero-order chi connectivity index (χ0) is 20.6. The highest BCUT2D eigenvalue weighted by Gasteiger charge is 2.10. The molecule has 160 valence electrons. The Kier molecular flexibility index (Phi) is 9.18. The van der Waals surface area contributed by atoms with Crippen LogP contribution in [0.2, 0.25) is 5.02 Å². The second-order valence-electron chi connectivity index (χ2n) is 5.87. The second kappa shape index (κ2) is 11.6. The third-order valence-corrected chi connectivity index (χ3v) is 4.00. The lowest BCUT2D eigenvalue weighted by Gasteiger charge is -2.13. The smallest absolute Gasteiger partial charge is 0.248 e. The van der Waals surface area contributed by atoms with Crippen molar-refractivity contribution in [1.29, 1.82) is 0 Å². The summed E-state index contributed by atoms with van der Waals surface area (Å²) in [5.74, 6) is 2.30. The maximum Gasteiger partial charge on any atom is 0.248 e. The Bertz CT molecular complexity index is 996. The third-order valence-electron chi connectivity index (χ3n) is 3.76. The summed E-state index contributed by atoms with van der Waals surface area (Å²) in [6, 6.07) is 12.7. The largest absolute Gasteiger partial charge is 0.494 e. The molecule has 8 nitrogen and oxygen atoms in total. The van der Waals surface area contributed by atoms with Crippen LogP contribution in [0.25, 0.3) is 11.4 Å². The van der Waals surface area contributed by atoms with Crippen LogP contribution in [0.15, 0.2) is 52.0 Å². The van der Waals surface area contributed by atoms with Gasteiger partial charge < -0.3 is 25.0 Å². The number of rotatable bonds is 8. The molecule has 0 aliphatic carbocycles. The fourth-order valence-corrected chi connectivity index (χ4v) is 2.73. The van der Waals surface area contributed by atoms with Crippen molar-refractivity contribution in [2.24, 2.45) is 10.7 Å². The van der Waals surface area contributed by atoms with E-state index in [9.17, 15) is 0 Å². The van der Waals surface area contributed by atoms with Crippen molar-refractivity contribution in [2.45, 2.75) is 20.4 Å². The van der Waals surface area contributed by atoms with Crippen molar-refractivity contribution in [3.63, 3.8) is 0 Å². The minimum absolute atomic E-state index is 0. The Morgan fingerprint density at radius 2 is 1.97 bits per heavy atom. The summed E-state index contributed by atoms with van der Waals surface area (Å²) in [5.41, 5.74) is 7.43. The van der Waals surface area contributed by atoms with E-state index in [0.29, 0.717) is 47.1 Å². The quantitative estimate of drug-likeness (QED) is 0.240. The van der Waals surface area contributed by atoms with Gasteiger partial charge in [0.05, 0.1) is 18.9 Å². The van der Waals surface area contributed by atoms with Crippen LogP contribution < -0.4 is 20.5 Å². The number of nitrogens with zero attached hydrogens (tertiary/aromatic N) is 3. The molecule has 0 radical (unpaired) electrons. The first-order valence-electron chi connectivity index (χ1n) is 9.14. The maximum absolute atomic E-state index is 6.02. The molecular weight excluding hydrogens is 521 g/mol. The van der Waals surface area contributed by atoms with Crippen molar-refractivity contribution in [2.75, 3.05) is 18.5 Å². The first-order chi connectivity index (χ1) is 14.1. The summed E-state index contributed by atoms with van der Waals surface area (Å²) in [4.78, 5) is 8.57. The summed E-state index contributed by atoms with van der Waals surface area (Å²) < 4.78 is 16.4. The monoisotopic (exact) mass is 543 g/mol. The number of aromatic nitrogens is 2. The zero-order valence-electron chi connectivity index (χ0n) is 16.6. The maximum atomic E-state index is 6.02. The summed E-state index contributed by atoms with van der Waals surface area (Å²) >= 11 is 6.00. The topological polar surface area (TPSA) is 108 Å². The lowest BCUT2D eigenvalue weighted by Crippen LogP contribution is -2.23. The molecular formula is C20H23ClIN5O3. The second-order valence-corrected chi connectivity index (χ2v) is 6.31. The van der Waals surface area contributed by atoms with Crippen molar-refractivity contribution in [3.05, 3.63) is 53.4 Å². The molecule has 0 atom stereocenters. The zero-order valence-corrected chi connectivity index (χ0v) is 19.7. The molecule has 1 heterocycles. The van der Waals surface area contributed by atoms with Crippen LogP contribution in [0.4, 0.5) is 5.69 Å². The van der Waals surface area contributed by atoms with Crippen molar-refractivity contribution in [3.8, 4) is 22.9 Å². The fraction of sp³-hybridized carbons (Fsp3) is 0.250. The van der Waals surface area contributed by atoms with E-state index in [1.54, 1.807) is 18.2 Å². The van der Waals surface area contributed by atoms with E-state index in [2.05, 4.69) is 20.4 Å². The minimum atomic E-state index is 0. The molecule has 3 N–H and O–H groups in total. The summed E-state index contributed by atoms with van der Waals surface area (Å²) in [5, 5.41) is 7.57. The van der Waals surface area contributed by atoms with Gasteiger partial charge in [0.1, 0.15) is 18.0 Å². The van der Waals surface area contributed by atoms with Crippen LogP contribution in [0.3, 0.4) is 0 Å². The first kappa shape index (κ1) is 23.7. The molecule has 0 bridgehead atoms. The molecule has 10 heteroatoms. The molecule has 0 aliphatic heterocycles. The minimum Gasteiger partial charge on any atom is -0.494 e. The third kappa shape index (κ3) is 6.49. The standard InChI is InChI=1S/C20H22ClN5O3.HI/c1-3-27-15-8-9-17(28-4-2)16(11-15)24-20(22)23-12-18-25-19(26-29-18)13-6-5-7-14(21)10-13;/h5-11H,3-4,12H2,1-2H3,(H3,22,23,24);1H. The molecule has 0 unspecified atom stereocenters. The van der Waals surface area contributed by atoms with Gasteiger partial charge in [-0.3, -0.25) is 0 Å². The van der Waals surface area contributed by atoms with Crippen molar-refractivity contribution in [1.82, 2.24) is 10.1 Å². The van der Waals surface area contributed by atoms with Crippen molar-refractivity contribution < 1.29 is 14.0 Å². The molecule has 1 aromatic heterocycles. The van der Waals surface area contributed by atoms with Gasteiger partial charge in [0.2, 0.25) is 11.7 Å². The number of ether oxygens (including phenoxy) is 2. The van der Waals surface area contributed by atoms with Gasteiger partial charge in [-0.15, -0.1) is 24.0 Å².